The van der Waals surface area contributed by atoms with Crippen LogP contribution in [-0.2, 0) is 9.53 Å². The highest BCUT2D eigenvalue weighted by atomic mass is 16.5. The summed E-state index contributed by atoms with van der Waals surface area (Å²) in [5.41, 5.74) is 5.56. The second-order valence-electron chi connectivity index (χ2n) is 5.66. The van der Waals surface area contributed by atoms with E-state index in [4.69, 9.17) is 10.5 Å². The van der Waals surface area contributed by atoms with Crippen molar-refractivity contribution >= 4 is 5.91 Å². The summed E-state index contributed by atoms with van der Waals surface area (Å²) in [6, 6.07) is 0.954. The van der Waals surface area contributed by atoms with Crippen LogP contribution >= 0.6 is 0 Å². The molecule has 5 nitrogen and oxygen atoms in total. The van der Waals surface area contributed by atoms with Gasteiger partial charge in [-0.15, -0.1) is 0 Å². The maximum atomic E-state index is 12.2. The molecule has 0 aliphatic carbocycles. The molecule has 1 unspecified atom stereocenters. The number of likely N-dealkylation sites (tertiary alicyclic amines) is 1. The number of carbonyl (C=O) groups excluding carboxylic acids is 1. The van der Waals surface area contributed by atoms with Gasteiger partial charge in [0, 0.05) is 45.9 Å². The third-order valence-electron chi connectivity index (χ3n) is 4.17. The molecule has 1 saturated heterocycles. The maximum Gasteiger partial charge on any atom is 0.225 e. The summed E-state index contributed by atoms with van der Waals surface area (Å²) in [5.74, 6) is 0.139. The molecule has 5 heteroatoms. The second-order valence-corrected chi connectivity index (χ2v) is 5.66. The van der Waals surface area contributed by atoms with Gasteiger partial charge in [-0.1, -0.05) is 0 Å². The number of amides is 1. The van der Waals surface area contributed by atoms with Crippen molar-refractivity contribution in [3.05, 3.63) is 0 Å². The third kappa shape index (κ3) is 4.75. The van der Waals surface area contributed by atoms with E-state index in [1.807, 2.05) is 11.9 Å². The van der Waals surface area contributed by atoms with Crippen molar-refractivity contribution in [1.29, 1.82) is 0 Å². The minimum Gasteiger partial charge on any atom is -0.380 e. The Morgan fingerprint density at radius 1 is 1.42 bits per heavy atom. The van der Waals surface area contributed by atoms with Crippen LogP contribution in [0.1, 0.15) is 33.1 Å². The smallest absolute Gasteiger partial charge is 0.225 e. The average Bonchev–Trinajstić information content (AvgIpc) is 2.43. The number of piperidine rings is 1. The lowest BCUT2D eigenvalue weighted by molar-refractivity contribution is -0.135. The highest BCUT2D eigenvalue weighted by Gasteiger charge is 2.27. The first-order valence-corrected chi connectivity index (χ1v) is 7.22. The molecule has 0 radical (unpaired) electrons. The van der Waals surface area contributed by atoms with E-state index in [0.717, 1.165) is 25.9 Å². The van der Waals surface area contributed by atoms with Crippen LogP contribution < -0.4 is 5.73 Å². The second kappa shape index (κ2) is 7.82. The number of nitrogens with zero attached hydrogens (tertiary/aromatic N) is 2. The Labute approximate surface area is 117 Å². The van der Waals surface area contributed by atoms with Gasteiger partial charge in [0.05, 0.1) is 12.5 Å². The van der Waals surface area contributed by atoms with Gasteiger partial charge in [0.2, 0.25) is 5.91 Å². The molecule has 1 aliphatic rings. The van der Waals surface area contributed by atoms with E-state index in [-0.39, 0.29) is 12.0 Å². The van der Waals surface area contributed by atoms with Crippen LogP contribution in [0.5, 0.6) is 0 Å². The van der Waals surface area contributed by atoms with Crippen molar-refractivity contribution in [3.63, 3.8) is 0 Å². The first-order valence-electron chi connectivity index (χ1n) is 7.22. The van der Waals surface area contributed by atoms with Gasteiger partial charge in [-0.2, -0.15) is 0 Å². The largest absolute Gasteiger partial charge is 0.380 e. The Bertz CT molecular complexity index is 272. The van der Waals surface area contributed by atoms with Gasteiger partial charge in [-0.05, 0) is 26.7 Å². The van der Waals surface area contributed by atoms with Crippen LogP contribution in [0, 0.1) is 0 Å². The summed E-state index contributed by atoms with van der Waals surface area (Å²) in [6.45, 7) is 6.98. The van der Waals surface area contributed by atoms with Gasteiger partial charge >= 0.3 is 0 Å². The van der Waals surface area contributed by atoms with Crippen molar-refractivity contribution < 1.29 is 9.53 Å². The summed E-state index contributed by atoms with van der Waals surface area (Å²) in [6.07, 6.45) is 2.33. The molecule has 1 rings (SSSR count). The van der Waals surface area contributed by atoms with Crippen LogP contribution in [-0.4, -0.2) is 67.7 Å². The van der Waals surface area contributed by atoms with E-state index in [0.29, 0.717) is 25.0 Å². The Balaban J connectivity index is 2.41. The number of hydrogen-bond donors (Lipinski definition) is 1. The fraction of sp³-hybridized carbons (Fsp3) is 0.929. The molecule has 1 atom stereocenters. The molecule has 0 saturated carbocycles. The minimum absolute atomic E-state index is 0.139. The molecular weight excluding hydrogens is 242 g/mol. The number of methoxy groups -OCH3 is 1. The van der Waals surface area contributed by atoms with E-state index in [2.05, 4.69) is 18.7 Å². The van der Waals surface area contributed by atoms with E-state index in [1.165, 1.54) is 0 Å². The Hall–Kier alpha value is -0.650. The third-order valence-corrected chi connectivity index (χ3v) is 4.17. The molecule has 0 aromatic heterocycles. The Kier molecular flexibility index (Phi) is 6.75. The van der Waals surface area contributed by atoms with E-state index in [9.17, 15) is 4.79 Å². The summed E-state index contributed by atoms with van der Waals surface area (Å²) in [7, 11) is 3.51. The lowest BCUT2D eigenvalue weighted by atomic mass is 10.0. The number of hydrogen-bond acceptors (Lipinski definition) is 4. The zero-order valence-electron chi connectivity index (χ0n) is 12.8. The minimum atomic E-state index is -0.161. The monoisotopic (exact) mass is 271 g/mol. The number of rotatable bonds is 6. The van der Waals surface area contributed by atoms with Gasteiger partial charge in [-0.25, -0.2) is 0 Å². The van der Waals surface area contributed by atoms with E-state index >= 15 is 0 Å². The quantitative estimate of drug-likeness (QED) is 0.772. The van der Waals surface area contributed by atoms with Crippen LogP contribution in [0.4, 0.5) is 0 Å². The van der Waals surface area contributed by atoms with Crippen molar-refractivity contribution in [2.75, 3.05) is 33.8 Å². The van der Waals surface area contributed by atoms with Crippen molar-refractivity contribution in [3.8, 4) is 0 Å². The van der Waals surface area contributed by atoms with Gasteiger partial charge in [0.1, 0.15) is 0 Å². The van der Waals surface area contributed by atoms with Gasteiger partial charge < -0.3 is 20.3 Å². The number of nitrogens with two attached hydrogens (primary N) is 1. The zero-order valence-corrected chi connectivity index (χ0v) is 12.8. The van der Waals surface area contributed by atoms with Crippen LogP contribution in [0.3, 0.4) is 0 Å². The molecule has 2 N–H and O–H groups in total. The lowest BCUT2D eigenvalue weighted by Gasteiger charge is -2.38. The number of carbonyl (C=O) groups is 1. The topological polar surface area (TPSA) is 58.8 Å². The fourth-order valence-electron chi connectivity index (χ4n) is 2.59. The molecule has 1 heterocycles. The standard InChI is InChI=1S/C14H29N3O2/c1-11(2)17-7-5-12(6-8-17)16(3)14(18)9-13(10-15)19-4/h11-13H,5-10,15H2,1-4H3. The summed E-state index contributed by atoms with van der Waals surface area (Å²) < 4.78 is 5.18. The summed E-state index contributed by atoms with van der Waals surface area (Å²) >= 11 is 0. The molecule has 1 aliphatic heterocycles. The van der Waals surface area contributed by atoms with E-state index < -0.39 is 0 Å². The summed E-state index contributed by atoms with van der Waals surface area (Å²) in [4.78, 5) is 16.5. The Morgan fingerprint density at radius 2 is 2.00 bits per heavy atom. The molecule has 0 spiro atoms. The normalized spacial score (nSPS) is 19.7. The van der Waals surface area contributed by atoms with Crippen LogP contribution in [0.15, 0.2) is 0 Å². The molecule has 0 aromatic carbocycles. The predicted octanol–water partition coefficient (Wildman–Crippen LogP) is 0.681. The predicted molar refractivity (Wildman–Crippen MR) is 77.0 cm³/mol. The van der Waals surface area contributed by atoms with Gasteiger partial charge in [-0.3, -0.25) is 4.79 Å². The first kappa shape index (κ1) is 16.4. The molecular formula is C14H29N3O2. The van der Waals surface area contributed by atoms with Gasteiger partial charge in [0.15, 0.2) is 0 Å². The fourth-order valence-corrected chi connectivity index (χ4v) is 2.59. The van der Waals surface area contributed by atoms with Gasteiger partial charge in [0.25, 0.3) is 0 Å². The first-order chi connectivity index (χ1) is 8.99. The molecule has 1 amide bonds. The summed E-state index contributed by atoms with van der Waals surface area (Å²) in [5, 5.41) is 0. The molecule has 19 heavy (non-hydrogen) atoms. The maximum absolute atomic E-state index is 12.2. The highest BCUT2D eigenvalue weighted by molar-refractivity contribution is 5.76. The lowest BCUT2D eigenvalue weighted by Crippen LogP contribution is -2.48. The van der Waals surface area contributed by atoms with E-state index in [1.54, 1.807) is 7.11 Å². The number of ether oxygens (including phenoxy) is 1. The van der Waals surface area contributed by atoms with Crippen LogP contribution in [0.2, 0.25) is 0 Å². The molecule has 112 valence electrons. The van der Waals surface area contributed by atoms with Crippen molar-refractivity contribution in [1.82, 2.24) is 9.80 Å². The zero-order chi connectivity index (χ0) is 14.4. The molecule has 0 aromatic rings. The SMILES string of the molecule is COC(CN)CC(=O)N(C)C1CCN(C(C)C)CC1. The van der Waals surface area contributed by atoms with Crippen molar-refractivity contribution in [2.45, 2.75) is 51.3 Å². The average molecular weight is 271 g/mol. The van der Waals surface area contributed by atoms with Crippen molar-refractivity contribution in [2.24, 2.45) is 5.73 Å². The molecule has 1 fully saturated rings. The highest BCUT2D eigenvalue weighted by Crippen LogP contribution is 2.18. The Morgan fingerprint density at radius 3 is 2.42 bits per heavy atom. The molecule has 0 bridgehead atoms. The van der Waals surface area contributed by atoms with Crippen LogP contribution in [0.25, 0.3) is 0 Å².